The fraction of sp³-hybridized carbons (Fsp3) is 0.323. The third kappa shape index (κ3) is 6.37. The van der Waals surface area contributed by atoms with Gasteiger partial charge >= 0.3 is 6.03 Å². The molecule has 3 aromatic carbocycles. The van der Waals surface area contributed by atoms with Crippen LogP contribution in [-0.4, -0.2) is 40.6 Å². The summed E-state index contributed by atoms with van der Waals surface area (Å²) in [6.45, 7) is -0.101. The number of nitriles is 1. The van der Waals surface area contributed by atoms with E-state index in [1.165, 1.54) is 41.3 Å². The zero-order chi connectivity index (χ0) is 29.1. The monoisotopic (exact) mass is 559 g/mol. The number of amides is 3. The number of benzene rings is 3. The summed E-state index contributed by atoms with van der Waals surface area (Å²) < 4.78 is 28.3. The number of nitrogens with zero attached hydrogens (tertiary/aromatic N) is 2. The first kappa shape index (κ1) is 28.2. The molecule has 2 aliphatic rings. The molecule has 1 aliphatic carbocycles. The van der Waals surface area contributed by atoms with Crippen molar-refractivity contribution in [2.24, 2.45) is 11.7 Å². The summed E-state index contributed by atoms with van der Waals surface area (Å²) in [5.41, 5.74) is 7.93. The molecule has 0 radical (unpaired) electrons. The van der Waals surface area contributed by atoms with Gasteiger partial charge in [0, 0.05) is 18.7 Å². The molecule has 212 valence electrons. The lowest BCUT2D eigenvalue weighted by Gasteiger charge is -2.32. The number of halogens is 2. The highest BCUT2D eigenvalue weighted by atomic mass is 19.1. The quantitative estimate of drug-likeness (QED) is 0.314. The molecule has 1 heterocycles. The van der Waals surface area contributed by atoms with Gasteiger partial charge in [0.15, 0.2) is 0 Å². The van der Waals surface area contributed by atoms with Gasteiger partial charge in [0.05, 0.1) is 29.0 Å². The van der Waals surface area contributed by atoms with Crippen molar-refractivity contribution >= 4 is 23.3 Å². The van der Waals surface area contributed by atoms with Gasteiger partial charge in [-0.2, -0.15) is 5.26 Å². The number of aliphatic hydroxyl groups is 1. The third-order valence-electron chi connectivity index (χ3n) is 7.83. The number of β-amino-alcohol motifs (C(OH)–C–C–N with tert-alkyl or cyclic N) is 1. The molecule has 3 atom stereocenters. The van der Waals surface area contributed by atoms with Crippen LogP contribution in [0.15, 0.2) is 66.7 Å². The zero-order valence-corrected chi connectivity index (χ0v) is 22.3. The Morgan fingerprint density at radius 1 is 1.05 bits per heavy atom. The first-order chi connectivity index (χ1) is 19.7. The Bertz CT molecular complexity index is 1490. The van der Waals surface area contributed by atoms with Gasteiger partial charge in [0.1, 0.15) is 17.7 Å². The minimum atomic E-state index is -1.07. The summed E-state index contributed by atoms with van der Waals surface area (Å²) in [4.78, 5) is 27.4. The summed E-state index contributed by atoms with van der Waals surface area (Å²) >= 11 is 0. The molecular weight excluding hydrogens is 528 g/mol. The van der Waals surface area contributed by atoms with Gasteiger partial charge in [0.2, 0.25) is 5.91 Å². The van der Waals surface area contributed by atoms with Crippen LogP contribution in [0.2, 0.25) is 0 Å². The molecule has 5 N–H and O–H groups in total. The molecule has 8 nitrogen and oxygen atoms in total. The van der Waals surface area contributed by atoms with Crippen molar-refractivity contribution in [2.75, 3.05) is 17.2 Å². The lowest BCUT2D eigenvalue weighted by atomic mass is 9.79. The van der Waals surface area contributed by atoms with Crippen molar-refractivity contribution in [3.8, 4) is 6.07 Å². The lowest BCUT2D eigenvalue weighted by Crippen LogP contribution is -2.45. The molecule has 0 aromatic heterocycles. The summed E-state index contributed by atoms with van der Waals surface area (Å²) in [6, 6.07) is 16.9. The van der Waals surface area contributed by atoms with E-state index in [4.69, 9.17) is 5.73 Å². The molecule has 2 fully saturated rings. The van der Waals surface area contributed by atoms with Crippen molar-refractivity contribution in [2.45, 2.75) is 49.8 Å². The summed E-state index contributed by atoms with van der Waals surface area (Å²) in [5.74, 6) is -1.23. The number of anilines is 2. The van der Waals surface area contributed by atoms with E-state index >= 15 is 4.39 Å². The van der Waals surface area contributed by atoms with Crippen LogP contribution in [-0.2, 0) is 10.3 Å². The SMILES string of the molecule is N#Cc1cccc(C(N)(CCC2CC2)c2ccc(F)c(NC(=O)[C@H]3C[C@@H](O)CN3C(=O)Nc3ccc(F)cc3)c2)c1. The average molecular weight is 560 g/mol. The van der Waals surface area contributed by atoms with Gasteiger partial charge in [-0.05, 0) is 78.4 Å². The van der Waals surface area contributed by atoms with E-state index in [9.17, 15) is 24.3 Å². The summed E-state index contributed by atoms with van der Waals surface area (Å²) in [7, 11) is 0. The molecule has 1 saturated carbocycles. The van der Waals surface area contributed by atoms with Gasteiger partial charge in [0.25, 0.3) is 0 Å². The Hall–Kier alpha value is -4.33. The second-order valence-corrected chi connectivity index (χ2v) is 10.8. The number of hydrogen-bond acceptors (Lipinski definition) is 5. The molecule has 1 aliphatic heterocycles. The standard InChI is InChI=1S/C31H31F2N5O3/c32-23-7-9-24(10-8-23)36-30(41)38-18-25(39)16-28(38)29(40)37-27-15-22(6-11-26(27)33)31(35,13-12-19-4-5-19)21-3-1-2-20(14-21)17-34/h1-3,6-11,14-15,19,25,28,39H,4-5,12-13,16,18,35H2,(H,36,41)(H,37,40)/t25-,28-,31?/m1/s1. The summed E-state index contributed by atoms with van der Waals surface area (Å²) in [6.07, 6.45) is 2.72. The van der Waals surface area contributed by atoms with E-state index in [0.29, 0.717) is 34.7 Å². The fourth-order valence-electron chi connectivity index (χ4n) is 5.29. The van der Waals surface area contributed by atoms with Crippen molar-refractivity contribution in [3.63, 3.8) is 0 Å². The van der Waals surface area contributed by atoms with E-state index in [1.54, 1.807) is 24.3 Å². The Kier molecular flexibility index (Phi) is 8.01. The molecule has 1 unspecified atom stereocenters. The highest BCUT2D eigenvalue weighted by Crippen LogP contribution is 2.40. The molecule has 1 saturated heterocycles. The predicted octanol–water partition coefficient (Wildman–Crippen LogP) is 4.83. The van der Waals surface area contributed by atoms with E-state index < -0.39 is 41.3 Å². The predicted molar refractivity (Wildman–Crippen MR) is 150 cm³/mol. The van der Waals surface area contributed by atoms with Crippen LogP contribution in [0.4, 0.5) is 25.0 Å². The van der Waals surface area contributed by atoms with E-state index in [2.05, 4.69) is 16.7 Å². The van der Waals surface area contributed by atoms with Crippen LogP contribution in [0.3, 0.4) is 0 Å². The highest BCUT2D eigenvalue weighted by molar-refractivity contribution is 5.99. The average Bonchev–Trinajstić information content (AvgIpc) is 3.72. The third-order valence-corrected chi connectivity index (χ3v) is 7.83. The molecule has 3 amide bonds. The Morgan fingerprint density at radius 3 is 2.49 bits per heavy atom. The number of nitrogens with two attached hydrogens (primary N) is 1. The first-order valence-electron chi connectivity index (χ1n) is 13.6. The summed E-state index contributed by atoms with van der Waals surface area (Å²) in [5, 5.41) is 24.9. The van der Waals surface area contributed by atoms with Crippen molar-refractivity contribution < 1.29 is 23.5 Å². The minimum Gasteiger partial charge on any atom is -0.391 e. The van der Waals surface area contributed by atoms with Gasteiger partial charge in [-0.25, -0.2) is 13.6 Å². The van der Waals surface area contributed by atoms with Crippen molar-refractivity contribution in [1.82, 2.24) is 4.90 Å². The zero-order valence-electron chi connectivity index (χ0n) is 22.3. The second kappa shape index (κ2) is 11.6. The lowest BCUT2D eigenvalue weighted by molar-refractivity contribution is -0.119. The fourth-order valence-corrected chi connectivity index (χ4v) is 5.29. The number of rotatable bonds is 8. The van der Waals surface area contributed by atoms with Gasteiger partial charge in [-0.15, -0.1) is 0 Å². The van der Waals surface area contributed by atoms with Gasteiger partial charge < -0.3 is 26.4 Å². The normalized spacial score (nSPS) is 19.7. The maximum absolute atomic E-state index is 15.0. The van der Waals surface area contributed by atoms with Crippen LogP contribution >= 0.6 is 0 Å². The second-order valence-electron chi connectivity index (χ2n) is 10.8. The van der Waals surface area contributed by atoms with Crippen molar-refractivity contribution in [3.05, 3.63) is 95.1 Å². The molecule has 5 rings (SSSR count). The van der Waals surface area contributed by atoms with Crippen LogP contribution < -0.4 is 16.4 Å². The number of nitrogens with one attached hydrogen (secondary N) is 2. The number of aliphatic hydroxyl groups excluding tert-OH is 1. The highest BCUT2D eigenvalue weighted by Gasteiger charge is 2.40. The van der Waals surface area contributed by atoms with E-state index in [0.717, 1.165) is 19.3 Å². The van der Waals surface area contributed by atoms with Crippen molar-refractivity contribution in [1.29, 1.82) is 5.26 Å². The van der Waals surface area contributed by atoms with E-state index in [1.807, 2.05) is 6.07 Å². The van der Waals surface area contributed by atoms with Crippen LogP contribution in [0.25, 0.3) is 0 Å². The molecular formula is C31H31F2N5O3. The number of carbonyl (C=O) groups excluding carboxylic acids is 2. The minimum absolute atomic E-state index is 0.0346. The first-order valence-corrected chi connectivity index (χ1v) is 13.6. The number of hydrogen-bond donors (Lipinski definition) is 4. The topological polar surface area (TPSA) is 131 Å². The molecule has 41 heavy (non-hydrogen) atoms. The largest absolute Gasteiger partial charge is 0.391 e. The van der Waals surface area contributed by atoms with Gasteiger partial charge in [-0.3, -0.25) is 4.79 Å². The Morgan fingerprint density at radius 2 is 1.78 bits per heavy atom. The Balaban J connectivity index is 1.38. The number of carbonyl (C=O) groups is 2. The van der Waals surface area contributed by atoms with E-state index in [-0.39, 0.29) is 18.7 Å². The molecule has 10 heteroatoms. The van der Waals surface area contributed by atoms with Crippen LogP contribution in [0, 0.1) is 28.9 Å². The number of urea groups is 1. The molecule has 3 aromatic rings. The Labute approximate surface area is 236 Å². The molecule has 0 spiro atoms. The smallest absolute Gasteiger partial charge is 0.322 e. The maximum atomic E-state index is 15.0. The molecule has 0 bridgehead atoms. The van der Waals surface area contributed by atoms with Gasteiger partial charge in [-0.1, -0.05) is 31.0 Å². The maximum Gasteiger partial charge on any atom is 0.322 e. The van der Waals surface area contributed by atoms with Crippen LogP contribution in [0.5, 0.6) is 0 Å². The van der Waals surface area contributed by atoms with Crippen LogP contribution in [0.1, 0.15) is 48.8 Å². The number of likely N-dealkylation sites (tertiary alicyclic amines) is 1.